The van der Waals surface area contributed by atoms with E-state index in [2.05, 4.69) is 10.6 Å². The van der Waals surface area contributed by atoms with Crippen molar-refractivity contribution in [2.24, 2.45) is 0 Å². The van der Waals surface area contributed by atoms with Crippen LogP contribution in [-0.4, -0.2) is 42.3 Å². The third-order valence-corrected chi connectivity index (χ3v) is 3.16. The highest BCUT2D eigenvalue weighted by atomic mass is 16.5. The normalized spacial score (nSPS) is 20.6. The molecule has 0 bridgehead atoms. The summed E-state index contributed by atoms with van der Waals surface area (Å²) in [4.78, 5) is 23.4. The Hall–Kier alpha value is -2.43. The van der Waals surface area contributed by atoms with Crippen LogP contribution in [0.4, 0.5) is 5.69 Å². The number of para-hydroxylation sites is 1. The van der Waals surface area contributed by atoms with E-state index < -0.39 is 17.4 Å². The molecule has 1 aromatic rings. The Kier molecular flexibility index (Phi) is 4.52. The lowest BCUT2D eigenvalue weighted by Crippen LogP contribution is -2.46. The number of hydrogen-bond acceptors (Lipinski definition) is 5. The summed E-state index contributed by atoms with van der Waals surface area (Å²) in [5.41, 5.74) is -0.593. The maximum atomic E-state index is 11.7. The molecule has 0 spiro atoms. The van der Waals surface area contributed by atoms with E-state index in [9.17, 15) is 14.7 Å². The van der Waals surface area contributed by atoms with Crippen molar-refractivity contribution in [3.63, 3.8) is 0 Å². The second kappa shape index (κ2) is 6.35. The number of amides is 2. The van der Waals surface area contributed by atoms with Gasteiger partial charge in [-0.3, -0.25) is 9.59 Å². The lowest BCUT2D eigenvalue weighted by Gasteiger charge is -2.20. The monoisotopic (exact) mass is 289 g/mol. The van der Waals surface area contributed by atoms with E-state index in [-0.39, 0.29) is 24.4 Å². The molecule has 0 radical (unpaired) electrons. The first-order chi connectivity index (χ1) is 10.0. The molecule has 3 N–H and O–H groups in total. The van der Waals surface area contributed by atoms with E-state index in [1.54, 1.807) is 12.1 Å². The van der Waals surface area contributed by atoms with Gasteiger partial charge < -0.3 is 20.5 Å². The van der Waals surface area contributed by atoms with Crippen LogP contribution in [0.1, 0.15) is 12.0 Å². The van der Waals surface area contributed by atoms with Gasteiger partial charge in [0.1, 0.15) is 11.7 Å². The number of nitriles is 1. The number of anilines is 1. The number of benzene rings is 1. The molecule has 1 fully saturated rings. The Morgan fingerprint density at radius 1 is 1.38 bits per heavy atom. The van der Waals surface area contributed by atoms with Crippen LogP contribution < -0.4 is 10.6 Å². The number of nitrogens with zero attached hydrogens (tertiary/aromatic N) is 1. The molecule has 1 saturated heterocycles. The van der Waals surface area contributed by atoms with Crippen molar-refractivity contribution in [1.29, 1.82) is 5.26 Å². The van der Waals surface area contributed by atoms with Gasteiger partial charge in [0.15, 0.2) is 0 Å². The van der Waals surface area contributed by atoms with Crippen LogP contribution in [0.5, 0.6) is 0 Å². The number of nitrogens with one attached hydrogen (secondary N) is 2. The van der Waals surface area contributed by atoms with E-state index in [1.165, 1.54) is 12.1 Å². The minimum absolute atomic E-state index is 0.0564. The molecule has 1 atom stereocenters. The Labute approximate surface area is 121 Å². The van der Waals surface area contributed by atoms with Crippen molar-refractivity contribution in [2.75, 3.05) is 25.1 Å². The molecule has 0 aromatic heterocycles. The van der Waals surface area contributed by atoms with Gasteiger partial charge in [0, 0.05) is 19.6 Å². The first-order valence-corrected chi connectivity index (χ1v) is 6.42. The average Bonchev–Trinajstić information content (AvgIpc) is 2.92. The maximum absolute atomic E-state index is 11.7. The van der Waals surface area contributed by atoms with Gasteiger partial charge in [0.05, 0.1) is 17.9 Å². The number of hydrogen-bond donors (Lipinski definition) is 3. The fraction of sp³-hybridized carbons (Fsp3) is 0.357. The highest BCUT2D eigenvalue weighted by Gasteiger charge is 2.33. The Balaban J connectivity index is 1.91. The van der Waals surface area contributed by atoms with Crippen LogP contribution in [0.3, 0.4) is 0 Å². The summed E-state index contributed by atoms with van der Waals surface area (Å²) >= 11 is 0. The number of carbonyl (C=O) groups is 2. The van der Waals surface area contributed by atoms with Gasteiger partial charge in [-0.2, -0.15) is 5.26 Å². The van der Waals surface area contributed by atoms with E-state index in [1.807, 2.05) is 6.07 Å². The fourth-order valence-electron chi connectivity index (χ4n) is 1.93. The Morgan fingerprint density at radius 2 is 2.14 bits per heavy atom. The molecule has 7 heteroatoms. The van der Waals surface area contributed by atoms with Crippen LogP contribution in [-0.2, 0) is 14.3 Å². The number of aliphatic hydroxyl groups is 1. The minimum atomic E-state index is -1.12. The smallest absolute Gasteiger partial charge is 0.313 e. The summed E-state index contributed by atoms with van der Waals surface area (Å²) in [5.74, 6) is -1.76. The molecule has 1 aromatic carbocycles. The summed E-state index contributed by atoms with van der Waals surface area (Å²) in [6, 6.07) is 8.29. The third-order valence-electron chi connectivity index (χ3n) is 3.16. The molecule has 0 saturated carbocycles. The predicted octanol–water partition coefficient (Wildman–Crippen LogP) is -0.236. The van der Waals surface area contributed by atoms with Gasteiger partial charge in [-0.05, 0) is 12.1 Å². The molecule has 1 heterocycles. The van der Waals surface area contributed by atoms with Crippen LogP contribution in [0.25, 0.3) is 0 Å². The highest BCUT2D eigenvalue weighted by molar-refractivity contribution is 6.39. The molecule has 0 aliphatic carbocycles. The van der Waals surface area contributed by atoms with Crippen LogP contribution in [0.15, 0.2) is 24.3 Å². The quantitative estimate of drug-likeness (QED) is 0.665. The third kappa shape index (κ3) is 3.78. The van der Waals surface area contributed by atoms with E-state index in [0.29, 0.717) is 13.0 Å². The summed E-state index contributed by atoms with van der Waals surface area (Å²) in [6.45, 7) is 0.499. The molecule has 1 aliphatic heterocycles. The molecule has 110 valence electrons. The molecule has 2 amide bonds. The largest absolute Gasteiger partial charge is 0.386 e. The van der Waals surface area contributed by atoms with Crippen LogP contribution >= 0.6 is 0 Å². The first kappa shape index (κ1) is 15.0. The van der Waals surface area contributed by atoms with Crippen molar-refractivity contribution < 1.29 is 19.4 Å². The fourth-order valence-corrected chi connectivity index (χ4v) is 1.93. The van der Waals surface area contributed by atoms with Gasteiger partial charge in [-0.1, -0.05) is 12.1 Å². The van der Waals surface area contributed by atoms with Crippen molar-refractivity contribution in [2.45, 2.75) is 12.0 Å². The van der Waals surface area contributed by atoms with Gasteiger partial charge >= 0.3 is 11.8 Å². The topological polar surface area (TPSA) is 111 Å². The summed E-state index contributed by atoms with van der Waals surface area (Å²) < 4.78 is 5.04. The maximum Gasteiger partial charge on any atom is 0.313 e. The van der Waals surface area contributed by atoms with Gasteiger partial charge in [0.2, 0.25) is 0 Å². The molecular formula is C14H15N3O4. The second-order valence-corrected chi connectivity index (χ2v) is 4.82. The first-order valence-electron chi connectivity index (χ1n) is 6.42. The van der Waals surface area contributed by atoms with Crippen molar-refractivity contribution in [3.05, 3.63) is 29.8 Å². The van der Waals surface area contributed by atoms with E-state index in [4.69, 9.17) is 10.00 Å². The standard InChI is InChI=1S/C14H15N3O4/c15-7-10-3-1-2-4-11(10)17-13(19)12(18)16-8-14(20)5-6-21-9-14/h1-4,20H,5-6,8-9H2,(H,16,18)(H,17,19)/t14-/m0/s1. The summed E-state index contributed by atoms with van der Waals surface area (Å²) in [7, 11) is 0. The summed E-state index contributed by atoms with van der Waals surface area (Å²) in [6.07, 6.45) is 0.409. The second-order valence-electron chi connectivity index (χ2n) is 4.82. The lowest BCUT2D eigenvalue weighted by molar-refractivity contribution is -0.136. The number of rotatable bonds is 3. The van der Waals surface area contributed by atoms with Crippen molar-refractivity contribution >= 4 is 17.5 Å². The number of ether oxygens (including phenoxy) is 1. The zero-order valence-electron chi connectivity index (χ0n) is 11.3. The van der Waals surface area contributed by atoms with E-state index >= 15 is 0 Å². The Morgan fingerprint density at radius 3 is 2.81 bits per heavy atom. The lowest BCUT2D eigenvalue weighted by atomic mass is 10.0. The zero-order chi connectivity index (χ0) is 15.3. The summed E-state index contributed by atoms with van der Waals surface area (Å²) in [5, 5.41) is 23.6. The van der Waals surface area contributed by atoms with Crippen molar-refractivity contribution in [3.8, 4) is 6.07 Å². The Bertz CT molecular complexity index is 588. The predicted molar refractivity (Wildman–Crippen MR) is 73.2 cm³/mol. The van der Waals surface area contributed by atoms with Gasteiger partial charge in [-0.15, -0.1) is 0 Å². The van der Waals surface area contributed by atoms with Gasteiger partial charge in [-0.25, -0.2) is 0 Å². The van der Waals surface area contributed by atoms with Crippen LogP contribution in [0, 0.1) is 11.3 Å². The average molecular weight is 289 g/mol. The molecule has 0 unspecified atom stereocenters. The van der Waals surface area contributed by atoms with Crippen molar-refractivity contribution in [1.82, 2.24) is 5.32 Å². The number of carbonyl (C=O) groups excluding carboxylic acids is 2. The zero-order valence-corrected chi connectivity index (χ0v) is 11.3. The minimum Gasteiger partial charge on any atom is -0.386 e. The molecule has 21 heavy (non-hydrogen) atoms. The highest BCUT2D eigenvalue weighted by Crippen LogP contribution is 2.17. The molecular weight excluding hydrogens is 274 g/mol. The van der Waals surface area contributed by atoms with Gasteiger partial charge in [0.25, 0.3) is 0 Å². The van der Waals surface area contributed by atoms with E-state index in [0.717, 1.165) is 0 Å². The molecule has 7 nitrogen and oxygen atoms in total. The molecule has 1 aliphatic rings. The molecule has 2 rings (SSSR count). The van der Waals surface area contributed by atoms with Crippen LogP contribution in [0.2, 0.25) is 0 Å². The SMILES string of the molecule is N#Cc1ccccc1NC(=O)C(=O)NC[C@@]1(O)CCOC1.